The highest BCUT2D eigenvalue weighted by Gasteiger charge is 2.34. The molecule has 0 spiro atoms. The summed E-state index contributed by atoms with van der Waals surface area (Å²) in [5.41, 5.74) is 1.31. The molecule has 4 rings (SSSR count). The first-order valence-corrected chi connectivity index (χ1v) is 8.33. The molecule has 1 fully saturated rings. The van der Waals surface area contributed by atoms with Crippen LogP contribution in [0.1, 0.15) is 24.3 Å². The average Bonchev–Trinajstić information content (AvgIpc) is 3.03. The first-order valence-electron chi connectivity index (χ1n) is 8.33. The van der Waals surface area contributed by atoms with E-state index in [1.807, 2.05) is 0 Å². The van der Waals surface area contributed by atoms with Gasteiger partial charge in [0.1, 0.15) is 5.75 Å². The standard InChI is InChI=1S/C17H19N5O4/c1-10-15(23)19-12-5-11(3-4-14(12)26-10)18-16(24)13-6-22(21-20-13)7-17(2)8-25-9-17/h3-6,10H,7-9H2,1-2H3,(H,18,24)(H,19,23). The van der Waals surface area contributed by atoms with Crippen LogP contribution in [0.4, 0.5) is 11.4 Å². The van der Waals surface area contributed by atoms with E-state index in [0.29, 0.717) is 36.9 Å². The third-order valence-electron chi connectivity index (χ3n) is 4.38. The van der Waals surface area contributed by atoms with Crippen LogP contribution in [0.25, 0.3) is 0 Å². The lowest BCUT2D eigenvalue weighted by molar-refractivity contribution is -0.122. The Morgan fingerprint density at radius 3 is 3.00 bits per heavy atom. The van der Waals surface area contributed by atoms with Crippen molar-refractivity contribution in [2.75, 3.05) is 23.8 Å². The number of carbonyl (C=O) groups excluding carboxylic acids is 2. The monoisotopic (exact) mass is 357 g/mol. The number of hydrogen-bond donors (Lipinski definition) is 2. The first kappa shape index (κ1) is 16.5. The van der Waals surface area contributed by atoms with Crippen LogP contribution >= 0.6 is 0 Å². The van der Waals surface area contributed by atoms with Gasteiger partial charge in [0.2, 0.25) is 0 Å². The number of ether oxygens (including phenoxy) is 2. The van der Waals surface area contributed by atoms with Crippen LogP contribution < -0.4 is 15.4 Å². The van der Waals surface area contributed by atoms with E-state index in [9.17, 15) is 9.59 Å². The third kappa shape index (κ3) is 3.13. The van der Waals surface area contributed by atoms with E-state index in [1.54, 1.807) is 36.0 Å². The summed E-state index contributed by atoms with van der Waals surface area (Å²) in [5.74, 6) is -0.0305. The van der Waals surface area contributed by atoms with Crippen LogP contribution in [0.15, 0.2) is 24.4 Å². The van der Waals surface area contributed by atoms with Gasteiger partial charge in [0.05, 0.1) is 31.6 Å². The fraction of sp³-hybridized carbons (Fsp3) is 0.412. The lowest BCUT2D eigenvalue weighted by Crippen LogP contribution is -2.43. The summed E-state index contributed by atoms with van der Waals surface area (Å²) >= 11 is 0. The van der Waals surface area contributed by atoms with Gasteiger partial charge in [-0.25, -0.2) is 0 Å². The molecule has 0 aliphatic carbocycles. The second-order valence-electron chi connectivity index (χ2n) is 7.02. The van der Waals surface area contributed by atoms with Crippen LogP contribution in [-0.2, 0) is 16.1 Å². The Bertz CT molecular complexity index is 874. The van der Waals surface area contributed by atoms with Crippen LogP contribution in [0.5, 0.6) is 5.75 Å². The second kappa shape index (κ2) is 6.10. The number of benzene rings is 1. The molecule has 0 bridgehead atoms. The third-order valence-corrected chi connectivity index (χ3v) is 4.38. The van der Waals surface area contributed by atoms with Gasteiger partial charge in [0.25, 0.3) is 11.8 Å². The van der Waals surface area contributed by atoms with Crippen LogP contribution in [0.2, 0.25) is 0 Å². The highest BCUT2D eigenvalue weighted by Crippen LogP contribution is 2.32. The molecule has 1 atom stereocenters. The van der Waals surface area contributed by atoms with E-state index in [1.165, 1.54) is 0 Å². The summed E-state index contributed by atoms with van der Waals surface area (Å²) < 4.78 is 12.4. The largest absolute Gasteiger partial charge is 0.479 e. The molecule has 2 aromatic rings. The van der Waals surface area contributed by atoms with Crippen LogP contribution in [-0.4, -0.2) is 46.1 Å². The van der Waals surface area contributed by atoms with Gasteiger partial charge in [-0.05, 0) is 25.1 Å². The number of amides is 2. The van der Waals surface area contributed by atoms with Gasteiger partial charge in [-0.3, -0.25) is 14.3 Å². The minimum atomic E-state index is -0.541. The van der Waals surface area contributed by atoms with Gasteiger partial charge in [0.15, 0.2) is 11.8 Å². The maximum atomic E-state index is 12.4. The first-order chi connectivity index (χ1) is 12.4. The van der Waals surface area contributed by atoms with Crippen molar-refractivity contribution in [3.8, 4) is 5.75 Å². The predicted octanol–water partition coefficient (Wildman–Crippen LogP) is 1.29. The van der Waals surface area contributed by atoms with Crippen molar-refractivity contribution in [2.45, 2.75) is 26.5 Å². The van der Waals surface area contributed by atoms with E-state index < -0.39 is 6.10 Å². The Balaban J connectivity index is 1.44. The summed E-state index contributed by atoms with van der Waals surface area (Å²) in [4.78, 5) is 24.1. The number of anilines is 2. The Hall–Kier alpha value is -2.94. The number of nitrogens with one attached hydrogen (secondary N) is 2. The molecule has 136 valence electrons. The van der Waals surface area contributed by atoms with E-state index >= 15 is 0 Å². The van der Waals surface area contributed by atoms with Gasteiger partial charge in [-0.15, -0.1) is 5.10 Å². The number of hydrogen-bond acceptors (Lipinski definition) is 6. The number of aromatic nitrogens is 3. The molecule has 1 aromatic heterocycles. The fourth-order valence-corrected chi connectivity index (χ4v) is 2.89. The lowest BCUT2D eigenvalue weighted by atomic mass is 9.89. The van der Waals surface area contributed by atoms with E-state index in [2.05, 4.69) is 27.9 Å². The van der Waals surface area contributed by atoms with Gasteiger partial charge in [-0.2, -0.15) is 0 Å². The molecule has 1 aromatic carbocycles. The summed E-state index contributed by atoms with van der Waals surface area (Å²) in [7, 11) is 0. The molecular formula is C17H19N5O4. The lowest BCUT2D eigenvalue weighted by Gasteiger charge is -2.37. The van der Waals surface area contributed by atoms with Crippen molar-refractivity contribution >= 4 is 23.2 Å². The van der Waals surface area contributed by atoms with Crippen LogP contribution in [0, 0.1) is 5.41 Å². The number of carbonyl (C=O) groups is 2. The van der Waals surface area contributed by atoms with Crippen molar-refractivity contribution in [3.63, 3.8) is 0 Å². The molecule has 2 aliphatic rings. The van der Waals surface area contributed by atoms with Gasteiger partial charge in [0, 0.05) is 11.1 Å². The molecule has 0 saturated carbocycles. The quantitative estimate of drug-likeness (QED) is 0.854. The normalized spacial score (nSPS) is 20.4. The predicted molar refractivity (Wildman–Crippen MR) is 92.1 cm³/mol. The van der Waals surface area contributed by atoms with Crippen molar-refractivity contribution in [2.24, 2.45) is 5.41 Å². The van der Waals surface area contributed by atoms with Gasteiger partial charge in [-0.1, -0.05) is 12.1 Å². The SMILES string of the molecule is CC1Oc2ccc(NC(=O)c3cn(CC4(C)COC4)nn3)cc2NC1=O. The smallest absolute Gasteiger partial charge is 0.277 e. The highest BCUT2D eigenvalue weighted by molar-refractivity contribution is 6.04. The zero-order valence-electron chi connectivity index (χ0n) is 14.5. The molecule has 2 amide bonds. The Kier molecular flexibility index (Phi) is 3.87. The zero-order chi connectivity index (χ0) is 18.3. The van der Waals surface area contributed by atoms with Gasteiger partial charge < -0.3 is 20.1 Å². The second-order valence-corrected chi connectivity index (χ2v) is 7.02. The van der Waals surface area contributed by atoms with Crippen molar-refractivity contribution in [3.05, 3.63) is 30.1 Å². The minimum Gasteiger partial charge on any atom is -0.479 e. The van der Waals surface area contributed by atoms with E-state index in [4.69, 9.17) is 9.47 Å². The summed E-state index contributed by atoms with van der Waals surface area (Å²) in [6, 6.07) is 5.06. The van der Waals surface area contributed by atoms with Crippen molar-refractivity contribution in [1.82, 2.24) is 15.0 Å². The fourth-order valence-electron chi connectivity index (χ4n) is 2.89. The zero-order valence-corrected chi connectivity index (χ0v) is 14.5. The molecular weight excluding hydrogens is 338 g/mol. The molecule has 9 nitrogen and oxygen atoms in total. The molecule has 26 heavy (non-hydrogen) atoms. The summed E-state index contributed by atoms with van der Waals surface area (Å²) in [6.45, 7) is 5.77. The summed E-state index contributed by atoms with van der Waals surface area (Å²) in [6.07, 6.45) is 1.07. The molecule has 9 heteroatoms. The highest BCUT2D eigenvalue weighted by atomic mass is 16.5. The molecule has 1 unspecified atom stereocenters. The Morgan fingerprint density at radius 2 is 2.27 bits per heavy atom. The molecule has 0 radical (unpaired) electrons. The summed E-state index contributed by atoms with van der Waals surface area (Å²) in [5, 5.41) is 13.4. The molecule has 2 N–H and O–H groups in total. The minimum absolute atomic E-state index is 0.0370. The van der Waals surface area contributed by atoms with Crippen molar-refractivity contribution < 1.29 is 19.1 Å². The van der Waals surface area contributed by atoms with E-state index in [0.717, 1.165) is 0 Å². The number of rotatable bonds is 4. The topological polar surface area (TPSA) is 107 Å². The maximum absolute atomic E-state index is 12.4. The van der Waals surface area contributed by atoms with Crippen molar-refractivity contribution in [1.29, 1.82) is 0 Å². The maximum Gasteiger partial charge on any atom is 0.277 e. The Morgan fingerprint density at radius 1 is 1.46 bits per heavy atom. The molecule has 3 heterocycles. The molecule has 1 saturated heterocycles. The average molecular weight is 357 g/mol. The number of nitrogens with zero attached hydrogens (tertiary/aromatic N) is 3. The number of fused-ring (bicyclic) bond motifs is 1. The molecule has 2 aliphatic heterocycles. The Labute approximate surface area is 149 Å². The van der Waals surface area contributed by atoms with E-state index in [-0.39, 0.29) is 22.9 Å². The van der Waals surface area contributed by atoms with Gasteiger partial charge >= 0.3 is 0 Å². The van der Waals surface area contributed by atoms with Crippen LogP contribution in [0.3, 0.4) is 0 Å².